The van der Waals surface area contributed by atoms with Crippen LogP contribution in [0.3, 0.4) is 0 Å². The Kier molecular flexibility index (Phi) is 14.4. The van der Waals surface area contributed by atoms with Crippen LogP contribution < -0.4 is 0 Å². The van der Waals surface area contributed by atoms with Crippen molar-refractivity contribution in [1.82, 2.24) is 0 Å². The SMILES string of the molecule is CCCCCCCCCCCCCCCC(C)C(C)(C)C(C)C. The van der Waals surface area contributed by atoms with Crippen LogP contribution in [0.25, 0.3) is 0 Å². The second kappa shape index (κ2) is 14.4. The molecule has 0 aliphatic carbocycles. The molecule has 0 aromatic heterocycles. The molecular formula is C23H48. The van der Waals surface area contributed by atoms with Gasteiger partial charge in [0.05, 0.1) is 0 Å². The Bertz CT molecular complexity index is 238. The zero-order valence-electron chi connectivity index (χ0n) is 17.6. The molecular weight excluding hydrogens is 276 g/mol. The predicted molar refractivity (Wildman–Crippen MR) is 108 cm³/mol. The number of hydrogen-bond donors (Lipinski definition) is 0. The molecule has 1 atom stereocenters. The van der Waals surface area contributed by atoms with Crippen LogP contribution in [0.2, 0.25) is 0 Å². The first-order valence-corrected chi connectivity index (χ1v) is 10.9. The molecule has 0 aromatic carbocycles. The Morgan fingerprint density at radius 3 is 1.26 bits per heavy atom. The third-order valence-corrected chi connectivity index (χ3v) is 6.50. The summed E-state index contributed by atoms with van der Waals surface area (Å²) in [4.78, 5) is 0. The van der Waals surface area contributed by atoms with Crippen molar-refractivity contribution in [1.29, 1.82) is 0 Å². The van der Waals surface area contributed by atoms with E-state index in [1.807, 2.05) is 0 Å². The van der Waals surface area contributed by atoms with Gasteiger partial charge in [-0.25, -0.2) is 0 Å². The van der Waals surface area contributed by atoms with Gasteiger partial charge < -0.3 is 0 Å². The smallest absolute Gasteiger partial charge is 0.0305 e. The molecule has 0 heteroatoms. The fourth-order valence-electron chi connectivity index (χ4n) is 3.41. The van der Waals surface area contributed by atoms with Crippen LogP contribution in [-0.4, -0.2) is 0 Å². The zero-order chi connectivity index (χ0) is 17.6. The summed E-state index contributed by atoms with van der Waals surface area (Å²) < 4.78 is 0. The highest BCUT2D eigenvalue weighted by Gasteiger charge is 2.28. The molecule has 0 aliphatic heterocycles. The highest BCUT2D eigenvalue weighted by Crippen LogP contribution is 2.37. The largest absolute Gasteiger partial charge is 0.0654 e. The first-order chi connectivity index (χ1) is 10.9. The third kappa shape index (κ3) is 12.1. The normalized spacial score (nSPS) is 13.7. The maximum absolute atomic E-state index is 2.46. The van der Waals surface area contributed by atoms with Gasteiger partial charge in [0.25, 0.3) is 0 Å². The van der Waals surface area contributed by atoms with E-state index in [0.29, 0.717) is 5.41 Å². The van der Waals surface area contributed by atoms with Crippen molar-refractivity contribution in [3.63, 3.8) is 0 Å². The zero-order valence-corrected chi connectivity index (χ0v) is 17.6. The fraction of sp³-hybridized carbons (Fsp3) is 1.00. The van der Waals surface area contributed by atoms with E-state index >= 15 is 0 Å². The summed E-state index contributed by atoms with van der Waals surface area (Å²) >= 11 is 0. The second-order valence-electron chi connectivity index (χ2n) is 8.91. The van der Waals surface area contributed by atoms with Crippen LogP contribution in [0, 0.1) is 17.3 Å². The molecule has 0 N–H and O–H groups in total. The molecule has 23 heavy (non-hydrogen) atoms. The minimum Gasteiger partial charge on any atom is -0.0654 e. The van der Waals surface area contributed by atoms with E-state index in [1.165, 1.54) is 89.9 Å². The fourth-order valence-corrected chi connectivity index (χ4v) is 3.41. The van der Waals surface area contributed by atoms with Crippen molar-refractivity contribution in [2.75, 3.05) is 0 Å². The lowest BCUT2D eigenvalue weighted by atomic mass is 9.70. The van der Waals surface area contributed by atoms with E-state index in [4.69, 9.17) is 0 Å². The van der Waals surface area contributed by atoms with E-state index in [9.17, 15) is 0 Å². The topological polar surface area (TPSA) is 0 Å². The number of unbranched alkanes of at least 4 members (excludes halogenated alkanes) is 12. The molecule has 0 saturated carbocycles. The van der Waals surface area contributed by atoms with Crippen molar-refractivity contribution in [2.45, 2.75) is 131 Å². The first-order valence-electron chi connectivity index (χ1n) is 10.9. The summed E-state index contributed by atoms with van der Waals surface area (Å²) in [6, 6.07) is 0. The maximum atomic E-state index is 2.46. The van der Waals surface area contributed by atoms with Crippen molar-refractivity contribution in [3.8, 4) is 0 Å². The maximum Gasteiger partial charge on any atom is -0.0305 e. The lowest BCUT2D eigenvalue weighted by Crippen LogP contribution is -2.27. The Labute approximate surface area is 149 Å². The highest BCUT2D eigenvalue weighted by atomic mass is 14.3. The molecule has 140 valence electrons. The predicted octanol–water partition coefficient (Wildman–Crippen LogP) is 8.79. The summed E-state index contributed by atoms with van der Waals surface area (Å²) in [5.74, 6) is 1.65. The highest BCUT2D eigenvalue weighted by molar-refractivity contribution is 4.78. The van der Waals surface area contributed by atoms with Crippen LogP contribution in [0.5, 0.6) is 0 Å². The molecule has 0 saturated heterocycles. The van der Waals surface area contributed by atoms with E-state index in [-0.39, 0.29) is 0 Å². The molecule has 0 nitrogen and oxygen atoms in total. The number of hydrogen-bond acceptors (Lipinski definition) is 0. The standard InChI is InChI=1S/C23H48/c1-7-8-9-10-11-12-13-14-15-16-17-18-19-20-22(4)23(5,6)21(2)3/h21-22H,7-20H2,1-6H3. The van der Waals surface area contributed by atoms with Gasteiger partial charge in [-0.2, -0.15) is 0 Å². The average Bonchev–Trinajstić information content (AvgIpc) is 2.51. The summed E-state index contributed by atoms with van der Waals surface area (Å²) in [5, 5.41) is 0. The average molecular weight is 325 g/mol. The molecule has 0 aromatic rings. The summed E-state index contributed by atoms with van der Waals surface area (Å²) in [7, 11) is 0. The van der Waals surface area contributed by atoms with Gasteiger partial charge in [-0.05, 0) is 17.3 Å². The van der Waals surface area contributed by atoms with Gasteiger partial charge in [0.15, 0.2) is 0 Å². The molecule has 0 spiro atoms. The third-order valence-electron chi connectivity index (χ3n) is 6.50. The Hall–Kier alpha value is 0. The van der Waals surface area contributed by atoms with Crippen molar-refractivity contribution >= 4 is 0 Å². The molecule has 0 amide bonds. The van der Waals surface area contributed by atoms with Gasteiger partial charge in [0, 0.05) is 0 Å². The Morgan fingerprint density at radius 1 is 0.565 bits per heavy atom. The van der Waals surface area contributed by atoms with Crippen molar-refractivity contribution < 1.29 is 0 Å². The molecule has 0 aliphatic rings. The number of rotatable bonds is 16. The van der Waals surface area contributed by atoms with Crippen LogP contribution in [0.15, 0.2) is 0 Å². The molecule has 1 unspecified atom stereocenters. The quantitative estimate of drug-likeness (QED) is 0.249. The van der Waals surface area contributed by atoms with Crippen molar-refractivity contribution in [3.05, 3.63) is 0 Å². The lowest BCUT2D eigenvalue weighted by molar-refractivity contribution is 0.140. The summed E-state index contributed by atoms with van der Waals surface area (Å²) in [5.41, 5.74) is 0.497. The molecule has 0 radical (unpaired) electrons. The molecule has 0 rings (SSSR count). The van der Waals surface area contributed by atoms with Gasteiger partial charge in [0.1, 0.15) is 0 Å². The second-order valence-corrected chi connectivity index (χ2v) is 8.91. The molecule has 0 heterocycles. The molecule has 0 fully saturated rings. The van der Waals surface area contributed by atoms with E-state index in [0.717, 1.165) is 11.8 Å². The summed E-state index contributed by atoms with van der Waals surface area (Å²) in [6.45, 7) is 14.4. The van der Waals surface area contributed by atoms with Gasteiger partial charge in [-0.15, -0.1) is 0 Å². The van der Waals surface area contributed by atoms with Crippen LogP contribution in [-0.2, 0) is 0 Å². The van der Waals surface area contributed by atoms with Crippen LogP contribution >= 0.6 is 0 Å². The van der Waals surface area contributed by atoms with E-state index in [2.05, 4.69) is 41.5 Å². The lowest BCUT2D eigenvalue weighted by Gasteiger charge is -2.36. The van der Waals surface area contributed by atoms with Gasteiger partial charge >= 0.3 is 0 Å². The van der Waals surface area contributed by atoms with E-state index < -0.39 is 0 Å². The van der Waals surface area contributed by atoms with E-state index in [1.54, 1.807) is 0 Å². The van der Waals surface area contributed by atoms with Gasteiger partial charge in [-0.3, -0.25) is 0 Å². The Balaban J connectivity index is 3.31. The van der Waals surface area contributed by atoms with Crippen LogP contribution in [0.4, 0.5) is 0 Å². The first kappa shape index (κ1) is 23.0. The van der Waals surface area contributed by atoms with Gasteiger partial charge in [-0.1, -0.05) is 131 Å². The Morgan fingerprint density at radius 2 is 0.913 bits per heavy atom. The minimum absolute atomic E-state index is 0.497. The summed E-state index contributed by atoms with van der Waals surface area (Å²) in [6.07, 6.45) is 20.4. The van der Waals surface area contributed by atoms with Crippen molar-refractivity contribution in [2.24, 2.45) is 17.3 Å². The van der Waals surface area contributed by atoms with Crippen LogP contribution in [0.1, 0.15) is 131 Å². The molecule has 0 bridgehead atoms. The monoisotopic (exact) mass is 324 g/mol. The van der Waals surface area contributed by atoms with Gasteiger partial charge in [0.2, 0.25) is 0 Å². The minimum atomic E-state index is 0.497.